The van der Waals surface area contributed by atoms with Crippen LogP contribution in [0.3, 0.4) is 0 Å². The number of hydrogen-bond acceptors (Lipinski definition) is 5. The highest BCUT2D eigenvalue weighted by Gasteiger charge is 2.44. The van der Waals surface area contributed by atoms with Gasteiger partial charge in [-0.2, -0.15) is 0 Å². The molecule has 2 heterocycles. The molecule has 4 rings (SSSR count). The van der Waals surface area contributed by atoms with Crippen molar-refractivity contribution in [1.29, 1.82) is 0 Å². The number of rotatable bonds is 6. The van der Waals surface area contributed by atoms with Gasteiger partial charge in [-0.25, -0.2) is 4.79 Å². The zero-order valence-corrected chi connectivity index (χ0v) is 19.5. The smallest absolute Gasteiger partial charge is 0.336 e. The van der Waals surface area contributed by atoms with Crippen LogP contribution in [0.2, 0.25) is 0 Å². The molecular weight excluding hydrogens is 406 g/mol. The van der Waals surface area contributed by atoms with Gasteiger partial charge in [0.15, 0.2) is 6.10 Å². The topological polar surface area (TPSA) is 80.0 Å². The van der Waals surface area contributed by atoms with Gasteiger partial charge in [0, 0.05) is 25.1 Å². The number of ether oxygens (including phenoxy) is 1. The van der Waals surface area contributed by atoms with E-state index in [9.17, 15) is 14.7 Å². The van der Waals surface area contributed by atoms with E-state index in [2.05, 4.69) is 6.92 Å². The van der Waals surface area contributed by atoms with Gasteiger partial charge in [-0.1, -0.05) is 26.2 Å². The summed E-state index contributed by atoms with van der Waals surface area (Å²) in [7, 11) is 0. The molecule has 6 nitrogen and oxygen atoms in total. The van der Waals surface area contributed by atoms with E-state index in [4.69, 9.17) is 9.15 Å². The van der Waals surface area contributed by atoms with Crippen molar-refractivity contribution < 1.29 is 19.1 Å². The number of carbonyl (C=O) groups excluding carboxylic acids is 1. The van der Waals surface area contributed by atoms with Gasteiger partial charge in [0.2, 0.25) is 0 Å². The number of amides is 1. The third kappa shape index (κ3) is 4.56. The molecule has 174 valence electrons. The van der Waals surface area contributed by atoms with Crippen LogP contribution in [0.5, 0.6) is 5.75 Å². The lowest BCUT2D eigenvalue weighted by Gasteiger charge is -2.47. The molecule has 6 heteroatoms. The lowest BCUT2D eigenvalue weighted by Crippen LogP contribution is -2.56. The Morgan fingerprint density at radius 3 is 2.91 bits per heavy atom. The fourth-order valence-corrected chi connectivity index (χ4v) is 5.40. The van der Waals surface area contributed by atoms with Gasteiger partial charge >= 0.3 is 5.63 Å². The van der Waals surface area contributed by atoms with E-state index in [1.54, 1.807) is 13.0 Å². The summed E-state index contributed by atoms with van der Waals surface area (Å²) < 4.78 is 11.7. The summed E-state index contributed by atoms with van der Waals surface area (Å²) in [6.45, 7) is 6.97. The lowest BCUT2D eigenvalue weighted by atomic mass is 9.71. The SMILES string of the molecule is CCCCc1cc(=O)oc2cc(C)cc(O[C@@H](C)C(=O)N3CC[C@]4(O)CCCC[C@@H]4C3)c12. The number of piperidine rings is 1. The van der Waals surface area contributed by atoms with E-state index >= 15 is 0 Å². The number of nitrogens with zero attached hydrogens (tertiary/aromatic N) is 1. The highest BCUT2D eigenvalue weighted by atomic mass is 16.5. The first-order chi connectivity index (χ1) is 15.3. The molecule has 0 bridgehead atoms. The molecule has 1 amide bonds. The maximum absolute atomic E-state index is 13.3. The third-order valence-corrected chi connectivity index (χ3v) is 7.22. The highest BCUT2D eigenvalue weighted by molar-refractivity contribution is 5.88. The summed E-state index contributed by atoms with van der Waals surface area (Å²) in [5.74, 6) is 0.678. The number of fused-ring (bicyclic) bond motifs is 2. The number of benzene rings is 1. The van der Waals surface area contributed by atoms with Gasteiger partial charge in [0.05, 0.1) is 11.0 Å². The van der Waals surface area contributed by atoms with Crippen LogP contribution < -0.4 is 10.4 Å². The molecule has 1 N–H and O–H groups in total. The summed E-state index contributed by atoms with van der Waals surface area (Å²) in [5, 5.41) is 11.7. The Bertz CT molecular complexity index is 1040. The van der Waals surface area contributed by atoms with Crippen molar-refractivity contribution in [3.8, 4) is 5.75 Å². The molecule has 32 heavy (non-hydrogen) atoms. The van der Waals surface area contributed by atoms with Crippen LogP contribution >= 0.6 is 0 Å². The van der Waals surface area contributed by atoms with Gasteiger partial charge in [0.25, 0.3) is 5.91 Å². The minimum Gasteiger partial charge on any atom is -0.480 e. The predicted octanol–water partition coefficient (Wildman–Crippen LogP) is 4.36. The minimum atomic E-state index is -0.666. The van der Waals surface area contributed by atoms with Crippen LogP contribution in [0.25, 0.3) is 11.0 Å². The van der Waals surface area contributed by atoms with E-state index in [0.29, 0.717) is 30.8 Å². The maximum Gasteiger partial charge on any atom is 0.336 e. The molecule has 1 aliphatic carbocycles. The number of carbonyl (C=O) groups is 1. The van der Waals surface area contributed by atoms with Crippen molar-refractivity contribution in [2.75, 3.05) is 13.1 Å². The van der Waals surface area contributed by atoms with Gasteiger partial charge in [-0.05, 0) is 69.2 Å². The largest absolute Gasteiger partial charge is 0.480 e. The second kappa shape index (κ2) is 9.26. The molecule has 1 aliphatic heterocycles. The number of aryl methyl sites for hydroxylation is 2. The number of unbranched alkanes of at least 4 members (excludes halogenated alkanes) is 1. The Kier molecular flexibility index (Phi) is 6.61. The first kappa shape index (κ1) is 22.8. The maximum atomic E-state index is 13.3. The Hall–Kier alpha value is -2.34. The first-order valence-corrected chi connectivity index (χ1v) is 12.1. The molecule has 0 spiro atoms. The Balaban J connectivity index is 1.57. The summed E-state index contributed by atoms with van der Waals surface area (Å²) >= 11 is 0. The van der Waals surface area contributed by atoms with Crippen LogP contribution in [0.4, 0.5) is 0 Å². The molecular formula is C26H35NO5. The van der Waals surface area contributed by atoms with Crippen molar-refractivity contribution in [3.63, 3.8) is 0 Å². The summed E-state index contributed by atoms with van der Waals surface area (Å²) in [4.78, 5) is 27.2. The molecule has 0 unspecified atom stereocenters. The van der Waals surface area contributed by atoms with Gasteiger partial charge in [-0.15, -0.1) is 0 Å². The van der Waals surface area contributed by atoms with E-state index in [1.165, 1.54) is 0 Å². The van der Waals surface area contributed by atoms with Gasteiger partial charge < -0.3 is 19.2 Å². The molecule has 2 aromatic rings. The van der Waals surface area contributed by atoms with Crippen LogP contribution in [0.1, 0.15) is 69.9 Å². The molecule has 1 saturated heterocycles. The Morgan fingerprint density at radius 2 is 2.12 bits per heavy atom. The van der Waals surface area contributed by atoms with E-state index in [1.807, 2.05) is 24.0 Å². The van der Waals surface area contributed by atoms with Crippen LogP contribution in [-0.2, 0) is 11.2 Å². The molecule has 2 fully saturated rings. The number of likely N-dealkylation sites (tertiary alicyclic amines) is 1. The Labute approximate surface area is 189 Å². The third-order valence-electron chi connectivity index (χ3n) is 7.22. The van der Waals surface area contributed by atoms with Crippen LogP contribution in [-0.4, -0.2) is 40.7 Å². The van der Waals surface area contributed by atoms with Crippen molar-refractivity contribution in [2.24, 2.45) is 5.92 Å². The number of hydrogen-bond donors (Lipinski definition) is 1. The summed E-state index contributed by atoms with van der Waals surface area (Å²) in [6.07, 6.45) is 6.69. The van der Waals surface area contributed by atoms with Crippen LogP contribution in [0, 0.1) is 12.8 Å². The highest BCUT2D eigenvalue weighted by Crippen LogP contribution is 2.40. The lowest BCUT2D eigenvalue weighted by molar-refractivity contribution is -0.149. The van der Waals surface area contributed by atoms with Crippen molar-refractivity contribution >= 4 is 16.9 Å². The van der Waals surface area contributed by atoms with Crippen molar-refractivity contribution in [2.45, 2.75) is 83.8 Å². The Morgan fingerprint density at radius 1 is 1.31 bits per heavy atom. The molecule has 1 saturated carbocycles. The normalized spacial score (nSPS) is 24.2. The molecule has 2 aliphatic rings. The van der Waals surface area contributed by atoms with E-state index in [0.717, 1.165) is 61.5 Å². The second-order valence-corrected chi connectivity index (χ2v) is 9.67. The molecule has 0 radical (unpaired) electrons. The fraction of sp³-hybridized carbons (Fsp3) is 0.615. The van der Waals surface area contributed by atoms with Gasteiger partial charge in [0.1, 0.15) is 11.3 Å². The summed E-state index contributed by atoms with van der Waals surface area (Å²) in [5.41, 5.74) is 1.34. The quantitative estimate of drug-likeness (QED) is 0.674. The van der Waals surface area contributed by atoms with Crippen LogP contribution in [0.15, 0.2) is 27.4 Å². The zero-order chi connectivity index (χ0) is 22.9. The fourth-order valence-electron chi connectivity index (χ4n) is 5.40. The predicted molar refractivity (Wildman–Crippen MR) is 124 cm³/mol. The van der Waals surface area contributed by atoms with E-state index in [-0.39, 0.29) is 17.5 Å². The average Bonchev–Trinajstić information content (AvgIpc) is 2.75. The van der Waals surface area contributed by atoms with Crippen molar-refractivity contribution in [1.82, 2.24) is 4.90 Å². The zero-order valence-electron chi connectivity index (χ0n) is 19.5. The summed E-state index contributed by atoms with van der Waals surface area (Å²) in [6, 6.07) is 5.30. The van der Waals surface area contributed by atoms with E-state index < -0.39 is 11.7 Å². The molecule has 1 aromatic heterocycles. The van der Waals surface area contributed by atoms with Crippen molar-refractivity contribution in [3.05, 3.63) is 39.7 Å². The first-order valence-electron chi connectivity index (χ1n) is 12.1. The average molecular weight is 442 g/mol. The minimum absolute atomic E-state index is 0.0558. The second-order valence-electron chi connectivity index (χ2n) is 9.67. The monoisotopic (exact) mass is 441 g/mol. The molecule has 3 atom stereocenters. The van der Waals surface area contributed by atoms with Gasteiger partial charge in [-0.3, -0.25) is 4.79 Å². The molecule has 1 aromatic carbocycles. The number of aliphatic hydroxyl groups is 1. The standard InChI is InChI=1S/C26H35NO5/c1-4-5-8-19-15-23(28)32-22-14-17(2)13-21(24(19)22)31-18(3)25(29)27-12-11-26(30)10-7-6-9-20(26)16-27/h13-15,18,20,30H,4-12,16H2,1-3H3/t18-,20+,26+/m0/s1.